The maximum absolute atomic E-state index is 12.1. The molecule has 1 rings (SSSR count). The topological polar surface area (TPSA) is 113 Å². The van der Waals surface area contributed by atoms with Crippen molar-refractivity contribution in [3.63, 3.8) is 0 Å². The molecule has 0 radical (unpaired) electrons. The Labute approximate surface area is 112 Å². The fourth-order valence-electron chi connectivity index (χ4n) is 2.66. The van der Waals surface area contributed by atoms with Gasteiger partial charge < -0.3 is 21.1 Å². The van der Waals surface area contributed by atoms with Crippen LogP contribution in [0.5, 0.6) is 0 Å². The lowest BCUT2D eigenvalue weighted by atomic mass is 9.95. The second-order valence-electron chi connectivity index (χ2n) is 4.89. The molecule has 1 aliphatic rings. The number of amides is 3. The first-order valence-electron chi connectivity index (χ1n) is 6.47. The van der Waals surface area contributed by atoms with Gasteiger partial charge in [0, 0.05) is 6.54 Å². The van der Waals surface area contributed by atoms with Gasteiger partial charge in [-0.1, -0.05) is 13.3 Å². The molecule has 1 heterocycles. The van der Waals surface area contributed by atoms with Crippen LogP contribution in [0.25, 0.3) is 0 Å². The fourth-order valence-corrected chi connectivity index (χ4v) is 2.66. The normalized spacial score (nSPS) is 24.0. The highest BCUT2D eigenvalue weighted by Crippen LogP contribution is 2.28. The third-order valence-corrected chi connectivity index (χ3v) is 3.47. The van der Waals surface area contributed by atoms with E-state index in [1.807, 2.05) is 6.92 Å². The van der Waals surface area contributed by atoms with Gasteiger partial charge in [-0.05, 0) is 25.7 Å². The van der Waals surface area contributed by atoms with Crippen molar-refractivity contribution in [1.82, 2.24) is 10.2 Å². The molecule has 1 saturated heterocycles. The number of carbonyl (C=O) groups excluding carboxylic acids is 2. The van der Waals surface area contributed by atoms with Crippen LogP contribution in [0.15, 0.2) is 0 Å². The molecular weight excluding hydrogens is 250 g/mol. The Bertz CT molecular complexity index is 372. The number of hydrogen-bond donors (Lipinski definition) is 3. The average molecular weight is 271 g/mol. The molecule has 0 aromatic heterocycles. The molecule has 0 spiro atoms. The molecule has 0 saturated carbocycles. The van der Waals surface area contributed by atoms with E-state index in [0.29, 0.717) is 6.54 Å². The van der Waals surface area contributed by atoms with Gasteiger partial charge in [0.2, 0.25) is 11.8 Å². The van der Waals surface area contributed by atoms with Crippen LogP contribution in [0.1, 0.15) is 33.1 Å². The Morgan fingerprint density at radius 2 is 2.11 bits per heavy atom. The number of likely N-dealkylation sites (tertiary alicyclic amines) is 1. The summed E-state index contributed by atoms with van der Waals surface area (Å²) in [6, 6.07) is -1.50. The fraction of sp³-hybridized carbons (Fsp3) is 0.750. The first kappa shape index (κ1) is 15.3. The molecule has 3 amide bonds. The lowest BCUT2D eigenvalue weighted by molar-refractivity contribution is -0.139. The molecule has 4 N–H and O–H groups in total. The average Bonchev–Trinajstić information content (AvgIpc) is 2.71. The Morgan fingerprint density at radius 1 is 1.47 bits per heavy atom. The summed E-state index contributed by atoms with van der Waals surface area (Å²) in [7, 11) is 0. The SMILES string of the molecule is CCC[C@@H]1CCN(C(=O)[C@H](C)NC(=O)O)[C@@H]1C(N)=O. The van der Waals surface area contributed by atoms with Gasteiger partial charge >= 0.3 is 6.09 Å². The van der Waals surface area contributed by atoms with Crippen molar-refractivity contribution in [1.29, 1.82) is 0 Å². The van der Waals surface area contributed by atoms with E-state index in [4.69, 9.17) is 10.8 Å². The van der Waals surface area contributed by atoms with Gasteiger partial charge in [-0.25, -0.2) is 4.79 Å². The molecule has 3 atom stereocenters. The van der Waals surface area contributed by atoms with Gasteiger partial charge in [0.1, 0.15) is 12.1 Å². The Hall–Kier alpha value is -1.79. The molecule has 7 nitrogen and oxygen atoms in total. The highest BCUT2D eigenvalue weighted by atomic mass is 16.4. The van der Waals surface area contributed by atoms with Crippen LogP contribution in [-0.4, -0.2) is 46.5 Å². The van der Waals surface area contributed by atoms with Gasteiger partial charge in [-0.3, -0.25) is 9.59 Å². The molecule has 0 unspecified atom stereocenters. The van der Waals surface area contributed by atoms with Crippen LogP contribution < -0.4 is 11.1 Å². The number of primary amides is 1. The summed E-state index contributed by atoms with van der Waals surface area (Å²) in [4.78, 5) is 35.6. The van der Waals surface area contributed by atoms with Crippen LogP contribution in [0.2, 0.25) is 0 Å². The molecule has 19 heavy (non-hydrogen) atoms. The predicted molar refractivity (Wildman–Crippen MR) is 68.3 cm³/mol. The minimum absolute atomic E-state index is 0.0727. The van der Waals surface area contributed by atoms with Gasteiger partial charge in [-0.15, -0.1) is 0 Å². The second kappa shape index (κ2) is 6.40. The van der Waals surface area contributed by atoms with Crippen LogP contribution in [0.3, 0.4) is 0 Å². The number of nitrogens with one attached hydrogen (secondary N) is 1. The molecule has 0 bridgehead atoms. The van der Waals surface area contributed by atoms with Crippen LogP contribution in [-0.2, 0) is 9.59 Å². The molecule has 7 heteroatoms. The van der Waals surface area contributed by atoms with Crippen molar-refractivity contribution in [3.05, 3.63) is 0 Å². The lowest BCUT2D eigenvalue weighted by Crippen LogP contribution is -2.52. The number of hydrogen-bond acceptors (Lipinski definition) is 3. The molecular formula is C12H21N3O4. The zero-order chi connectivity index (χ0) is 14.6. The first-order valence-corrected chi connectivity index (χ1v) is 6.47. The number of carbonyl (C=O) groups is 3. The standard InChI is InChI=1S/C12H21N3O4/c1-3-4-8-5-6-15(9(8)10(13)16)11(17)7(2)14-12(18)19/h7-9,14H,3-6H2,1-2H3,(H2,13,16)(H,18,19)/t7-,8+,9-/m0/s1. The third-order valence-electron chi connectivity index (χ3n) is 3.47. The maximum atomic E-state index is 12.1. The predicted octanol–water partition coefficient (Wildman–Crippen LogP) is 0.145. The van der Waals surface area contributed by atoms with Crippen molar-refractivity contribution in [3.8, 4) is 0 Å². The summed E-state index contributed by atoms with van der Waals surface area (Å²) in [5, 5.41) is 10.7. The van der Waals surface area contributed by atoms with Crippen molar-refractivity contribution >= 4 is 17.9 Å². The summed E-state index contributed by atoms with van der Waals surface area (Å²) in [6.07, 6.45) is 1.21. The monoisotopic (exact) mass is 271 g/mol. The van der Waals surface area contributed by atoms with Gasteiger partial charge in [0.05, 0.1) is 0 Å². The minimum Gasteiger partial charge on any atom is -0.465 e. The van der Waals surface area contributed by atoms with Crippen molar-refractivity contribution in [2.24, 2.45) is 11.7 Å². The quantitative estimate of drug-likeness (QED) is 0.660. The van der Waals surface area contributed by atoms with E-state index >= 15 is 0 Å². The van der Waals surface area contributed by atoms with Crippen LogP contribution >= 0.6 is 0 Å². The maximum Gasteiger partial charge on any atom is 0.405 e. The van der Waals surface area contributed by atoms with Gasteiger partial charge in [0.15, 0.2) is 0 Å². The zero-order valence-corrected chi connectivity index (χ0v) is 11.3. The highest BCUT2D eigenvalue weighted by Gasteiger charge is 2.41. The van der Waals surface area contributed by atoms with Crippen molar-refractivity contribution in [2.45, 2.75) is 45.2 Å². The van der Waals surface area contributed by atoms with Crippen molar-refractivity contribution in [2.75, 3.05) is 6.54 Å². The van der Waals surface area contributed by atoms with E-state index in [9.17, 15) is 14.4 Å². The smallest absolute Gasteiger partial charge is 0.405 e. The minimum atomic E-state index is -1.26. The van der Waals surface area contributed by atoms with Gasteiger partial charge in [0.25, 0.3) is 0 Å². The number of carboxylic acid groups (broad SMARTS) is 1. The number of rotatable bonds is 5. The molecule has 108 valence electrons. The number of nitrogens with zero attached hydrogens (tertiary/aromatic N) is 1. The largest absolute Gasteiger partial charge is 0.465 e. The zero-order valence-electron chi connectivity index (χ0n) is 11.3. The lowest BCUT2D eigenvalue weighted by Gasteiger charge is -2.27. The second-order valence-corrected chi connectivity index (χ2v) is 4.89. The molecule has 1 aliphatic heterocycles. The van der Waals surface area contributed by atoms with E-state index in [1.54, 1.807) is 0 Å². The Morgan fingerprint density at radius 3 is 2.58 bits per heavy atom. The van der Waals surface area contributed by atoms with E-state index in [1.165, 1.54) is 11.8 Å². The molecule has 0 aromatic carbocycles. The Balaban J connectivity index is 2.78. The molecule has 0 aromatic rings. The third kappa shape index (κ3) is 3.59. The van der Waals surface area contributed by atoms with E-state index in [0.717, 1.165) is 19.3 Å². The van der Waals surface area contributed by atoms with E-state index < -0.39 is 30.0 Å². The Kier molecular flexibility index (Phi) is 5.14. The van der Waals surface area contributed by atoms with Crippen molar-refractivity contribution < 1.29 is 19.5 Å². The van der Waals surface area contributed by atoms with E-state index in [-0.39, 0.29) is 5.92 Å². The molecule has 1 fully saturated rings. The van der Waals surface area contributed by atoms with Gasteiger partial charge in [-0.2, -0.15) is 0 Å². The summed E-state index contributed by atoms with van der Waals surface area (Å²) in [5.74, 6) is -0.847. The van der Waals surface area contributed by atoms with E-state index in [2.05, 4.69) is 5.32 Å². The highest BCUT2D eigenvalue weighted by molar-refractivity contribution is 5.91. The first-order chi connectivity index (χ1) is 8.88. The summed E-state index contributed by atoms with van der Waals surface area (Å²) >= 11 is 0. The molecule has 0 aliphatic carbocycles. The summed E-state index contributed by atoms with van der Waals surface area (Å²) in [5.41, 5.74) is 5.38. The number of nitrogens with two attached hydrogens (primary N) is 1. The summed E-state index contributed by atoms with van der Waals surface area (Å²) < 4.78 is 0. The van der Waals surface area contributed by atoms with Crippen LogP contribution in [0.4, 0.5) is 4.79 Å². The summed E-state index contributed by atoms with van der Waals surface area (Å²) in [6.45, 7) is 3.92. The van der Waals surface area contributed by atoms with Crippen LogP contribution in [0, 0.1) is 5.92 Å².